The van der Waals surface area contributed by atoms with Crippen molar-refractivity contribution >= 4 is 6.03 Å². The number of rotatable bonds is 2. The molecule has 1 saturated carbocycles. The van der Waals surface area contributed by atoms with Crippen molar-refractivity contribution in [2.75, 3.05) is 6.54 Å². The zero-order valence-electron chi connectivity index (χ0n) is 11.3. The number of urea groups is 1. The first-order valence-corrected chi connectivity index (χ1v) is 6.28. The van der Waals surface area contributed by atoms with E-state index in [2.05, 4.69) is 38.3 Å². The molecule has 94 valence electrons. The average Bonchev–Trinajstić information content (AvgIpc) is 1.96. The first-order valence-electron chi connectivity index (χ1n) is 6.28. The highest BCUT2D eigenvalue weighted by Crippen LogP contribution is 2.45. The van der Waals surface area contributed by atoms with E-state index in [1.54, 1.807) is 0 Å². The van der Waals surface area contributed by atoms with Crippen molar-refractivity contribution in [3.05, 3.63) is 0 Å². The Labute approximate surface area is 99.4 Å². The number of carbonyl (C=O) groups excluding carboxylic acids is 1. The van der Waals surface area contributed by atoms with Gasteiger partial charge in [0.15, 0.2) is 0 Å². The van der Waals surface area contributed by atoms with Crippen LogP contribution in [0.25, 0.3) is 0 Å². The fourth-order valence-corrected chi connectivity index (χ4v) is 3.35. The summed E-state index contributed by atoms with van der Waals surface area (Å²) in [6, 6.07) is 0.284. The van der Waals surface area contributed by atoms with Crippen LogP contribution in [0.5, 0.6) is 0 Å². The Bertz CT molecular complexity index is 243. The van der Waals surface area contributed by atoms with Gasteiger partial charge in [-0.3, -0.25) is 0 Å². The van der Waals surface area contributed by atoms with Gasteiger partial charge in [-0.1, -0.05) is 27.7 Å². The number of nitrogens with one attached hydrogen (secondary N) is 2. The van der Waals surface area contributed by atoms with Gasteiger partial charge in [0.05, 0.1) is 0 Å². The molecule has 0 bridgehead atoms. The van der Waals surface area contributed by atoms with Gasteiger partial charge in [0, 0.05) is 12.6 Å². The Morgan fingerprint density at radius 3 is 2.12 bits per heavy atom. The van der Waals surface area contributed by atoms with Gasteiger partial charge in [-0.05, 0) is 37.0 Å². The Morgan fingerprint density at radius 2 is 1.69 bits per heavy atom. The van der Waals surface area contributed by atoms with Crippen molar-refractivity contribution < 1.29 is 4.79 Å². The lowest BCUT2D eigenvalue weighted by atomic mass is 9.63. The van der Waals surface area contributed by atoms with Gasteiger partial charge in [0.1, 0.15) is 0 Å². The topological polar surface area (TPSA) is 41.1 Å². The van der Waals surface area contributed by atoms with Gasteiger partial charge in [0.25, 0.3) is 0 Å². The molecule has 0 aromatic heterocycles. The van der Waals surface area contributed by atoms with E-state index in [-0.39, 0.29) is 6.03 Å². The fraction of sp³-hybridized carbons (Fsp3) is 0.923. The molecule has 0 spiro atoms. The van der Waals surface area contributed by atoms with Crippen LogP contribution in [0.4, 0.5) is 4.79 Å². The maximum absolute atomic E-state index is 11.5. The highest BCUT2D eigenvalue weighted by molar-refractivity contribution is 5.74. The summed E-state index contributed by atoms with van der Waals surface area (Å²) in [7, 11) is 0. The van der Waals surface area contributed by atoms with Gasteiger partial charge in [0.2, 0.25) is 0 Å². The largest absolute Gasteiger partial charge is 0.338 e. The average molecular weight is 226 g/mol. The summed E-state index contributed by atoms with van der Waals surface area (Å²) in [6.45, 7) is 11.8. The molecular formula is C13H26N2O. The van der Waals surface area contributed by atoms with E-state index < -0.39 is 0 Å². The van der Waals surface area contributed by atoms with Gasteiger partial charge in [-0.2, -0.15) is 0 Å². The zero-order valence-corrected chi connectivity index (χ0v) is 11.3. The Kier molecular flexibility index (Phi) is 3.87. The van der Waals surface area contributed by atoms with Crippen LogP contribution in [0.1, 0.15) is 53.9 Å². The van der Waals surface area contributed by atoms with E-state index in [4.69, 9.17) is 0 Å². The van der Waals surface area contributed by atoms with E-state index >= 15 is 0 Å². The third-order valence-corrected chi connectivity index (χ3v) is 3.23. The van der Waals surface area contributed by atoms with Crippen molar-refractivity contribution in [2.45, 2.75) is 59.9 Å². The number of carbonyl (C=O) groups is 1. The van der Waals surface area contributed by atoms with E-state index in [1.165, 1.54) is 6.42 Å². The van der Waals surface area contributed by atoms with Crippen molar-refractivity contribution in [2.24, 2.45) is 10.8 Å². The highest BCUT2D eigenvalue weighted by atomic mass is 16.2. The smallest absolute Gasteiger partial charge is 0.314 e. The van der Waals surface area contributed by atoms with E-state index in [0.717, 1.165) is 12.8 Å². The molecular weight excluding hydrogens is 200 g/mol. The molecule has 0 heterocycles. The monoisotopic (exact) mass is 226 g/mol. The maximum atomic E-state index is 11.5. The molecule has 0 aliphatic heterocycles. The molecule has 1 rings (SSSR count). The lowest BCUT2D eigenvalue weighted by Crippen LogP contribution is -2.49. The molecule has 0 aromatic rings. The van der Waals surface area contributed by atoms with Crippen LogP contribution in [0.15, 0.2) is 0 Å². The second-order valence-corrected chi connectivity index (χ2v) is 6.61. The third-order valence-electron chi connectivity index (χ3n) is 3.23. The summed E-state index contributed by atoms with van der Waals surface area (Å²) in [4.78, 5) is 11.5. The molecule has 2 N–H and O–H groups in total. The lowest BCUT2D eigenvalue weighted by molar-refractivity contribution is 0.0883. The van der Waals surface area contributed by atoms with Gasteiger partial charge in [-0.15, -0.1) is 0 Å². The first-order chi connectivity index (χ1) is 7.24. The second kappa shape index (κ2) is 4.64. The van der Waals surface area contributed by atoms with Crippen LogP contribution in [-0.2, 0) is 0 Å². The van der Waals surface area contributed by atoms with Crippen LogP contribution in [0.2, 0.25) is 0 Å². The predicted molar refractivity (Wildman–Crippen MR) is 67.4 cm³/mol. The van der Waals surface area contributed by atoms with Crippen molar-refractivity contribution in [1.82, 2.24) is 10.6 Å². The van der Waals surface area contributed by atoms with Crippen molar-refractivity contribution in [1.29, 1.82) is 0 Å². The molecule has 3 heteroatoms. The molecule has 16 heavy (non-hydrogen) atoms. The minimum absolute atomic E-state index is 0.0269. The van der Waals surface area contributed by atoms with Crippen molar-refractivity contribution in [3.63, 3.8) is 0 Å². The SMILES string of the molecule is CCNC(=O)NC1CC(C)(C)CC(C)(C)C1. The molecule has 1 aliphatic rings. The summed E-state index contributed by atoms with van der Waals surface area (Å²) >= 11 is 0. The molecule has 0 saturated heterocycles. The van der Waals surface area contributed by atoms with Crippen LogP contribution >= 0.6 is 0 Å². The number of hydrogen-bond acceptors (Lipinski definition) is 1. The predicted octanol–water partition coefficient (Wildman–Crippen LogP) is 2.91. The molecule has 3 nitrogen and oxygen atoms in total. The third kappa shape index (κ3) is 4.03. The van der Waals surface area contributed by atoms with E-state index in [1.807, 2.05) is 6.92 Å². The van der Waals surface area contributed by atoms with Crippen LogP contribution in [-0.4, -0.2) is 18.6 Å². The standard InChI is InChI=1S/C13H26N2O/c1-6-14-11(16)15-10-7-12(2,3)9-13(4,5)8-10/h10H,6-9H2,1-5H3,(H2,14,15,16). The molecule has 0 radical (unpaired) electrons. The van der Waals surface area contributed by atoms with Crippen LogP contribution in [0, 0.1) is 10.8 Å². The normalized spacial score (nSPS) is 23.8. The summed E-state index contributed by atoms with van der Waals surface area (Å²) < 4.78 is 0. The molecule has 1 aliphatic carbocycles. The Hall–Kier alpha value is -0.730. The number of amides is 2. The summed E-state index contributed by atoms with van der Waals surface area (Å²) in [6.07, 6.45) is 3.38. The molecule has 0 aromatic carbocycles. The number of hydrogen-bond donors (Lipinski definition) is 2. The summed E-state index contributed by atoms with van der Waals surface area (Å²) in [5.41, 5.74) is 0.651. The van der Waals surface area contributed by atoms with E-state index in [9.17, 15) is 4.79 Å². The highest BCUT2D eigenvalue weighted by Gasteiger charge is 2.38. The molecule has 0 atom stereocenters. The maximum Gasteiger partial charge on any atom is 0.314 e. The quantitative estimate of drug-likeness (QED) is 0.747. The van der Waals surface area contributed by atoms with Gasteiger partial charge >= 0.3 is 6.03 Å². The second-order valence-electron chi connectivity index (χ2n) is 6.61. The van der Waals surface area contributed by atoms with E-state index in [0.29, 0.717) is 23.4 Å². The molecule has 0 unspecified atom stereocenters. The minimum atomic E-state index is -0.0269. The lowest BCUT2D eigenvalue weighted by Gasteiger charge is -2.45. The van der Waals surface area contributed by atoms with Gasteiger partial charge in [-0.25, -0.2) is 4.79 Å². The first kappa shape index (κ1) is 13.3. The zero-order chi connectivity index (χ0) is 12.4. The van der Waals surface area contributed by atoms with Gasteiger partial charge < -0.3 is 10.6 Å². The molecule has 2 amide bonds. The summed E-state index contributed by atoms with van der Waals surface area (Å²) in [5.74, 6) is 0. The van der Waals surface area contributed by atoms with Crippen LogP contribution < -0.4 is 10.6 Å². The summed E-state index contributed by atoms with van der Waals surface area (Å²) in [5, 5.41) is 5.88. The Balaban J connectivity index is 2.57. The van der Waals surface area contributed by atoms with Crippen molar-refractivity contribution in [3.8, 4) is 0 Å². The molecule has 1 fully saturated rings. The van der Waals surface area contributed by atoms with Crippen LogP contribution in [0.3, 0.4) is 0 Å². The fourth-order valence-electron chi connectivity index (χ4n) is 3.35. The minimum Gasteiger partial charge on any atom is -0.338 e. The Morgan fingerprint density at radius 1 is 1.19 bits per heavy atom.